The van der Waals surface area contributed by atoms with E-state index in [0.717, 1.165) is 31.7 Å². The summed E-state index contributed by atoms with van der Waals surface area (Å²) in [6.45, 7) is 4.53. The third-order valence-corrected chi connectivity index (χ3v) is 4.79. The number of nitrogens with zero attached hydrogens (tertiary/aromatic N) is 1. The molecule has 1 aromatic rings. The molecule has 0 aliphatic carbocycles. The lowest BCUT2D eigenvalue weighted by molar-refractivity contribution is -0.914. The van der Waals surface area contributed by atoms with E-state index < -0.39 is 0 Å². The summed E-state index contributed by atoms with van der Waals surface area (Å²) in [5, 5.41) is 0. The summed E-state index contributed by atoms with van der Waals surface area (Å²) in [7, 11) is 0. The van der Waals surface area contributed by atoms with Crippen LogP contribution in [0.3, 0.4) is 0 Å². The third kappa shape index (κ3) is 3.90. The number of benzene rings is 1. The smallest absolute Gasteiger partial charge is 0.292 e. The fourth-order valence-corrected chi connectivity index (χ4v) is 3.61. The van der Waals surface area contributed by atoms with Gasteiger partial charge in [0.1, 0.15) is 5.75 Å². The number of quaternary nitrogens is 1. The van der Waals surface area contributed by atoms with Gasteiger partial charge in [-0.3, -0.25) is 9.59 Å². The molecule has 2 amide bonds. The minimum atomic E-state index is -0.202. The molecule has 2 saturated heterocycles. The molecule has 3 rings (SSSR count). The summed E-state index contributed by atoms with van der Waals surface area (Å²) in [4.78, 5) is 27.8. The molecule has 1 N–H and O–H groups in total. The average molecular weight is 353 g/mol. The van der Waals surface area contributed by atoms with E-state index in [1.165, 1.54) is 22.6 Å². The van der Waals surface area contributed by atoms with Crippen LogP contribution in [0.2, 0.25) is 0 Å². The number of amides is 2. The average Bonchev–Trinajstić information content (AvgIpc) is 2.74. The Morgan fingerprint density at radius 2 is 1.71 bits per heavy atom. The highest BCUT2D eigenvalue weighted by molar-refractivity contribution is 6.21. The Bertz CT molecular complexity index is 568. The zero-order valence-electron chi connectivity index (χ0n) is 14.1. The third-order valence-electron chi connectivity index (χ3n) is 4.79. The number of halogens is 1. The second-order valence-corrected chi connectivity index (χ2v) is 6.32. The van der Waals surface area contributed by atoms with E-state index in [2.05, 4.69) is 0 Å². The minimum Gasteiger partial charge on any atom is -1.00 e. The maximum Gasteiger partial charge on any atom is 0.292 e. The molecule has 0 radical (unpaired) electrons. The number of likely N-dealkylation sites (tertiary alicyclic amines) is 1. The van der Waals surface area contributed by atoms with Crippen LogP contribution in [0.4, 0.5) is 5.69 Å². The van der Waals surface area contributed by atoms with Gasteiger partial charge in [0.2, 0.25) is 5.91 Å². The van der Waals surface area contributed by atoms with Gasteiger partial charge < -0.3 is 22.0 Å². The summed E-state index contributed by atoms with van der Waals surface area (Å²) < 4.78 is 5.41. The Balaban J connectivity index is 0.00000208. The van der Waals surface area contributed by atoms with Crippen molar-refractivity contribution in [1.29, 1.82) is 0 Å². The first kappa shape index (κ1) is 18.7. The Kier molecular flexibility index (Phi) is 6.63. The molecule has 2 aliphatic heterocycles. The fourth-order valence-electron chi connectivity index (χ4n) is 3.61. The van der Waals surface area contributed by atoms with Crippen molar-refractivity contribution in [3.05, 3.63) is 24.3 Å². The van der Waals surface area contributed by atoms with Crippen molar-refractivity contribution in [2.75, 3.05) is 24.6 Å². The van der Waals surface area contributed by atoms with Crippen LogP contribution < -0.4 is 26.9 Å². The number of anilines is 1. The first-order valence-electron chi connectivity index (χ1n) is 8.65. The van der Waals surface area contributed by atoms with Crippen molar-refractivity contribution < 1.29 is 31.6 Å². The number of rotatable bonds is 4. The molecule has 132 valence electrons. The summed E-state index contributed by atoms with van der Waals surface area (Å²) in [6, 6.07) is 7.01. The van der Waals surface area contributed by atoms with Crippen LogP contribution in [-0.4, -0.2) is 37.6 Å². The molecule has 2 fully saturated rings. The molecule has 0 aromatic heterocycles. The van der Waals surface area contributed by atoms with Gasteiger partial charge in [0.25, 0.3) is 5.91 Å². The quantitative estimate of drug-likeness (QED) is 0.649. The number of imide groups is 1. The first-order valence-corrected chi connectivity index (χ1v) is 8.65. The lowest BCUT2D eigenvalue weighted by atomic mass is 10.2. The first-order chi connectivity index (χ1) is 11.2. The number of carbonyl (C=O) groups excluding carboxylic acids is 2. The number of carbonyl (C=O) groups is 2. The van der Waals surface area contributed by atoms with E-state index in [-0.39, 0.29) is 30.3 Å². The van der Waals surface area contributed by atoms with Crippen LogP contribution in [0.5, 0.6) is 5.75 Å². The molecule has 0 spiro atoms. The van der Waals surface area contributed by atoms with Gasteiger partial charge in [-0.1, -0.05) is 0 Å². The van der Waals surface area contributed by atoms with Crippen molar-refractivity contribution in [3.63, 3.8) is 0 Å². The fraction of sp³-hybridized carbons (Fsp3) is 0.556. The number of hydrogen-bond donors (Lipinski definition) is 1. The molecule has 1 aromatic carbocycles. The summed E-state index contributed by atoms with van der Waals surface area (Å²) in [5.74, 6) is 0.627. The summed E-state index contributed by atoms with van der Waals surface area (Å²) in [5.41, 5.74) is 0.653. The molecule has 5 nitrogen and oxygen atoms in total. The highest BCUT2D eigenvalue weighted by Crippen LogP contribution is 2.24. The van der Waals surface area contributed by atoms with E-state index in [4.69, 9.17) is 4.74 Å². The van der Waals surface area contributed by atoms with Crippen LogP contribution in [-0.2, 0) is 9.59 Å². The standard InChI is InChI=1S/C18H24N2O3.ClH/c1-2-23-15-9-7-14(8-10-15)20-17(21)13-16(18(20)22)19-11-5-3-4-6-12-19;/h7-10,16H,2-6,11-13H2,1H3;1H. The molecule has 24 heavy (non-hydrogen) atoms. The van der Waals surface area contributed by atoms with Gasteiger partial charge in [-0.05, 0) is 56.9 Å². The summed E-state index contributed by atoms with van der Waals surface area (Å²) in [6.07, 6.45) is 5.11. The van der Waals surface area contributed by atoms with Crippen LogP contribution in [0.1, 0.15) is 39.0 Å². The Labute approximate surface area is 149 Å². The van der Waals surface area contributed by atoms with Crippen molar-refractivity contribution in [2.24, 2.45) is 0 Å². The number of hydrogen-bond acceptors (Lipinski definition) is 3. The topological polar surface area (TPSA) is 51.0 Å². The highest BCUT2D eigenvalue weighted by Gasteiger charge is 2.45. The second kappa shape index (κ2) is 8.49. The molecule has 1 atom stereocenters. The number of ether oxygens (including phenoxy) is 1. The van der Waals surface area contributed by atoms with Gasteiger partial charge in [-0.2, -0.15) is 0 Å². The monoisotopic (exact) mass is 352 g/mol. The predicted molar refractivity (Wildman–Crippen MR) is 87.7 cm³/mol. The largest absolute Gasteiger partial charge is 1.00 e. The van der Waals surface area contributed by atoms with E-state index >= 15 is 0 Å². The van der Waals surface area contributed by atoms with E-state index in [1.54, 1.807) is 12.1 Å². The van der Waals surface area contributed by atoms with Crippen LogP contribution >= 0.6 is 0 Å². The lowest BCUT2D eigenvalue weighted by Crippen LogP contribution is -3.16. The lowest BCUT2D eigenvalue weighted by Gasteiger charge is -2.22. The molecule has 0 bridgehead atoms. The van der Waals surface area contributed by atoms with Crippen LogP contribution in [0, 0.1) is 0 Å². The van der Waals surface area contributed by atoms with Gasteiger partial charge in [-0.15, -0.1) is 0 Å². The predicted octanol–water partition coefficient (Wildman–Crippen LogP) is -1.82. The van der Waals surface area contributed by atoms with Gasteiger partial charge in [0.15, 0.2) is 6.04 Å². The normalized spacial score (nSPS) is 22.2. The SMILES string of the molecule is CCOc1ccc(N2C(=O)CC([NH+]3CCCCCC3)C2=O)cc1.[Cl-]. The zero-order chi connectivity index (χ0) is 16.2. The van der Waals surface area contributed by atoms with Gasteiger partial charge in [0.05, 0.1) is 31.8 Å². The van der Waals surface area contributed by atoms with Gasteiger partial charge >= 0.3 is 0 Å². The molecular formula is C18H25ClN2O3. The highest BCUT2D eigenvalue weighted by atomic mass is 35.5. The van der Waals surface area contributed by atoms with Crippen LogP contribution in [0.15, 0.2) is 24.3 Å². The molecular weight excluding hydrogens is 328 g/mol. The summed E-state index contributed by atoms with van der Waals surface area (Å²) >= 11 is 0. The molecule has 2 heterocycles. The van der Waals surface area contributed by atoms with Gasteiger partial charge in [-0.25, -0.2) is 4.90 Å². The minimum absolute atomic E-state index is 0. The zero-order valence-corrected chi connectivity index (χ0v) is 14.8. The van der Waals surface area contributed by atoms with E-state index in [1.807, 2.05) is 19.1 Å². The van der Waals surface area contributed by atoms with Crippen LogP contribution in [0.25, 0.3) is 0 Å². The second-order valence-electron chi connectivity index (χ2n) is 6.32. The Morgan fingerprint density at radius 3 is 2.29 bits per heavy atom. The number of nitrogens with one attached hydrogen (secondary N) is 1. The molecule has 1 unspecified atom stereocenters. The molecule has 6 heteroatoms. The Morgan fingerprint density at radius 1 is 1.08 bits per heavy atom. The van der Waals surface area contributed by atoms with Crippen molar-refractivity contribution in [1.82, 2.24) is 0 Å². The van der Waals surface area contributed by atoms with Crippen molar-refractivity contribution in [3.8, 4) is 5.75 Å². The van der Waals surface area contributed by atoms with E-state index in [0.29, 0.717) is 18.7 Å². The maximum absolute atomic E-state index is 12.8. The molecule has 2 aliphatic rings. The van der Waals surface area contributed by atoms with Gasteiger partial charge in [0, 0.05) is 0 Å². The van der Waals surface area contributed by atoms with Crippen molar-refractivity contribution in [2.45, 2.75) is 45.1 Å². The Hall–Kier alpha value is -1.59. The maximum atomic E-state index is 12.8. The van der Waals surface area contributed by atoms with E-state index in [9.17, 15) is 9.59 Å². The molecule has 0 saturated carbocycles. The van der Waals surface area contributed by atoms with Crippen molar-refractivity contribution >= 4 is 17.5 Å².